The Bertz CT molecular complexity index is 1150. The van der Waals surface area contributed by atoms with E-state index < -0.39 is 41.9 Å². The summed E-state index contributed by atoms with van der Waals surface area (Å²) in [6, 6.07) is 8.51. The Hall–Kier alpha value is -2.12. The Morgan fingerprint density at radius 1 is 0.848 bits per heavy atom. The van der Waals surface area contributed by atoms with Crippen LogP contribution in [0.1, 0.15) is 46.4 Å². The fourth-order valence-electron chi connectivity index (χ4n) is 4.33. The van der Waals surface area contributed by atoms with Crippen LogP contribution in [0.15, 0.2) is 36.4 Å². The first-order valence-electron chi connectivity index (χ1n) is 10.3. The molecule has 1 aliphatic heterocycles. The number of nitrogens with zero attached hydrogens (tertiary/aromatic N) is 2. The molecule has 0 unspecified atom stereocenters. The molecule has 0 radical (unpaired) electrons. The van der Waals surface area contributed by atoms with E-state index in [0.717, 1.165) is 22.9 Å². The van der Waals surface area contributed by atoms with Crippen LogP contribution < -0.4 is 0 Å². The van der Waals surface area contributed by atoms with Crippen LogP contribution in [0.5, 0.6) is 0 Å². The van der Waals surface area contributed by atoms with Crippen molar-refractivity contribution in [3.63, 3.8) is 0 Å². The minimum Gasteiger partial charge on any atom is -0.292 e. The lowest BCUT2D eigenvalue weighted by Crippen LogP contribution is -2.52. The number of benzene rings is 2. The van der Waals surface area contributed by atoms with E-state index in [4.69, 9.17) is 46.4 Å². The number of halogens is 4. The fraction of sp³-hybridized carbons (Fsp3) is 0.304. The van der Waals surface area contributed by atoms with E-state index in [1.807, 2.05) is 0 Å². The third-order valence-electron chi connectivity index (χ3n) is 5.99. The SMILES string of the molecule is O=C(CN(C(=O)c1ccc(Cl)c(Cl)c1)N1C(=O)[C@H]2CCCC[C@@H]2C1=O)c1ccc(Cl)cc1Cl. The summed E-state index contributed by atoms with van der Waals surface area (Å²) < 4.78 is 0. The second-order valence-corrected chi connectivity index (χ2v) is 9.68. The molecule has 0 spiro atoms. The quantitative estimate of drug-likeness (QED) is 0.368. The standard InChI is InChI=1S/C23H18Cl4N2O4/c24-13-6-7-16(18(26)10-13)20(30)11-28(21(31)12-5-8-17(25)19(27)9-12)29-22(32)14-3-1-2-4-15(14)23(29)33/h5-10,14-15H,1-4,11H2/t14-,15-/m0/s1. The number of amides is 3. The first-order valence-corrected chi connectivity index (χ1v) is 11.8. The molecule has 6 nitrogen and oxygen atoms in total. The topological polar surface area (TPSA) is 74.8 Å². The van der Waals surface area contributed by atoms with Gasteiger partial charge in [-0.3, -0.25) is 19.2 Å². The lowest BCUT2D eigenvalue weighted by Gasteiger charge is -2.30. The molecule has 1 saturated heterocycles. The Morgan fingerprint density at radius 2 is 1.48 bits per heavy atom. The van der Waals surface area contributed by atoms with Gasteiger partial charge >= 0.3 is 0 Å². The number of imide groups is 1. The molecule has 33 heavy (non-hydrogen) atoms. The summed E-state index contributed by atoms with van der Waals surface area (Å²) in [4.78, 5) is 53.0. The van der Waals surface area contributed by atoms with Crippen molar-refractivity contribution in [3.8, 4) is 0 Å². The summed E-state index contributed by atoms with van der Waals surface area (Å²) in [6.07, 6.45) is 2.79. The fourth-order valence-corrected chi connectivity index (χ4v) is 5.14. The summed E-state index contributed by atoms with van der Waals surface area (Å²) in [7, 11) is 0. The summed E-state index contributed by atoms with van der Waals surface area (Å²) in [6.45, 7) is -0.572. The summed E-state index contributed by atoms with van der Waals surface area (Å²) >= 11 is 24.1. The van der Waals surface area contributed by atoms with Gasteiger partial charge in [-0.2, -0.15) is 5.01 Å². The zero-order valence-electron chi connectivity index (χ0n) is 17.2. The van der Waals surface area contributed by atoms with Gasteiger partial charge in [0, 0.05) is 16.1 Å². The lowest BCUT2D eigenvalue weighted by molar-refractivity contribution is -0.154. The molecule has 2 aliphatic rings. The van der Waals surface area contributed by atoms with E-state index in [9.17, 15) is 19.2 Å². The normalized spacial score (nSPS) is 20.1. The van der Waals surface area contributed by atoms with Crippen LogP contribution >= 0.6 is 46.4 Å². The third kappa shape index (κ3) is 4.62. The Morgan fingerprint density at radius 3 is 2.06 bits per heavy atom. The first kappa shape index (κ1) is 24.0. The predicted octanol–water partition coefficient (Wildman–Crippen LogP) is 5.72. The summed E-state index contributed by atoms with van der Waals surface area (Å²) in [5.74, 6) is -3.23. The smallest absolute Gasteiger partial charge is 0.273 e. The molecule has 2 atom stereocenters. The van der Waals surface area contributed by atoms with E-state index >= 15 is 0 Å². The Balaban J connectivity index is 1.72. The minimum atomic E-state index is -0.729. The van der Waals surface area contributed by atoms with Crippen molar-refractivity contribution in [2.75, 3.05) is 6.54 Å². The van der Waals surface area contributed by atoms with Gasteiger partial charge in [-0.1, -0.05) is 59.2 Å². The number of rotatable bonds is 5. The van der Waals surface area contributed by atoms with E-state index in [1.165, 1.54) is 36.4 Å². The number of Topliss-reactive ketones (excluding diaryl/α,β-unsaturated/α-hetero) is 1. The summed E-state index contributed by atoms with van der Waals surface area (Å²) in [5.41, 5.74) is 0.194. The average molecular weight is 528 g/mol. The van der Waals surface area contributed by atoms with Crippen LogP contribution in [-0.4, -0.2) is 40.1 Å². The number of carbonyl (C=O) groups is 4. The predicted molar refractivity (Wildman–Crippen MR) is 126 cm³/mol. The Kier molecular flexibility index (Phi) is 7.01. The van der Waals surface area contributed by atoms with Crippen molar-refractivity contribution in [2.24, 2.45) is 11.8 Å². The lowest BCUT2D eigenvalue weighted by atomic mass is 9.81. The van der Waals surface area contributed by atoms with Crippen molar-refractivity contribution < 1.29 is 19.2 Å². The van der Waals surface area contributed by atoms with Crippen LogP contribution in [0.2, 0.25) is 20.1 Å². The zero-order chi connectivity index (χ0) is 23.9. The molecular weight excluding hydrogens is 510 g/mol. The molecule has 10 heteroatoms. The number of fused-ring (bicyclic) bond motifs is 1. The van der Waals surface area contributed by atoms with Crippen LogP contribution in [0, 0.1) is 11.8 Å². The maximum atomic E-state index is 13.5. The van der Waals surface area contributed by atoms with Crippen molar-refractivity contribution in [1.29, 1.82) is 0 Å². The molecule has 1 saturated carbocycles. The van der Waals surface area contributed by atoms with Crippen molar-refractivity contribution >= 4 is 69.9 Å². The van der Waals surface area contributed by atoms with Crippen LogP contribution in [0.4, 0.5) is 0 Å². The van der Waals surface area contributed by atoms with E-state index in [1.54, 1.807) is 0 Å². The van der Waals surface area contributed by atoms with Gasteiger partial charge in [0.05, 0.1) is 26.9 Å². The molecule has 2 aromatic rings. The second kappa shape index (κ2) is 9.63. The second-order valence-electron chi connectivity index (χ2n) is 8.02. The van der Waals surface area contributed by atoms with Gasteiger partial charge in [0.2, 0.25) is 0 Å². The number of ketones is 1. The largest absolute Gasteiger partial charge is 0.292 e. The molecule has 1 aliphatic carbocycles. The van der Waals surface area contributed by atoms with Gasteiger partial charge in [-0.15, -0.1) is 0 Å². The van der Waals surface area contributed by atoms with Crippen LogP contribution in [-0.2, 0) is 9.59 Å². The highest BCUT2D eigenvalue weighted by Gasteiger charge is 2.51. The molecule has 2 fully saturated rings. The van der Waals surface area contributed by atoms with Gasteiger partial charge in [-0.05, 0) is 49.2 Å². The van der Waals surface area contributed by atoms with Gasteiger partial charge in [0.15, 0.2) is 5.78 Å². The van der Waals surface area contributed by atoms with E-state index in [-0.39, 0.29) is 26.2 Å². The molecule has 0 aromatic heterocycles. The van der Waals surface area contributed by atoms with Crippen LogP contribution in [0.25, 0.3) is 0 Å². The maximum absolute atomic E-state index is 13.5. The number of hydrazine groups is 1. The van der Waals surface area contributed by atoms with Gasteiger partial charge < -0.3 is 0 Å². The number of hydrogen-bond acceptors (Lipinski definition) is 4. The third-order valence-corrected chi connectivity index (χ3v) is 7.27. The van der Waals surface area contributed by atoms with E-state index in [0.29, 0.717) is 17.9 Å². The number of carbonyl (C=O) groups excluding carboxylic acids is 4. The molecule has 2 aromatic carbocycles. The van der Waals surface area contributed by atoms with Gasteiger partial charge in [0.25, 0.3) is 17.7 Å². The maximum Gasteiger partial charge on any atom is 0.273 e. The highest BCUT2D eigenvalue weighted by atomic mass is 35.5. The Labute approximate surface area is 210 Å². The average Bonchev–Trinajstić information content (AvgIpc) is 3.03. The molecule has 1 heterocycles. The van der Waals surface area contributed by atoms with Gasteiger partial charge in [-0.25, -0.2) is 5.01 Å². The first-order chi connectivity index (χ1) is 15.7. The minimum absolute atomic E-state index is 0.0786. The molecular formula is C23H18Cl4N2O4. The molecule has 0 bridgehead atoms. The van der Waals surface area contributed by atoms with Crippen molar-refractivity contribution in [2.45, 2.75) is 25.7 Å². The van der Waals surface area contributed by atoms with Crippen molar-refractivity contribution in [3.05, 3.63) is 67.6 Å². The molecule has 3 amide bonds. The van der Waals surface area contributed by atoms with E-state index in [2.05, 4.69) is 0 Å². The van der Waals surface area contributed by atoms with Gasteiger partial charge in [0.1, 0.15) is 6.54 Å². The van der Waals surface area contributed by atoms with Crippen molar-refractivity contribution in [1.82, 2.24) is 10.0 Å². The zero-order valence-corrected chi connectivity index (χ0v) is 20.2. The number of hydrogen-bond donors (Lipinski definition) is 0. The molecule has 0 N–H and O–H groups in total. The highest BCUT2D eigenvalue weighted by molar-refractivity contribution is 6.42. The molecule has 4 rings (SSSR count). The summed E-state index contributed by atoms with van der Waals surface area (Å²) in [5, 5.41) is 2.52. The van der Waals surface area contributed by atoms with Crippen LogP contribution in [0.3, 0.4) is 0 Å². The molecule has 172 valence electrons. The monoisotopic (exact) mass is 526 g/mol. The highest BCUT2D eigenvalue weighted by Crippen LogP contribution is 2.39.